The average Bonchev–Trinajstić information content (AvgIpc) is 2.80. The van der Waals surface area contributed by atoms with Crippen LogP contribution in [0.15, 0.2) is 53.1 Å². The highest BCUT2D eigenvalue weighted by atomic mass is 16.5. The Morgan fingerprint density at radius 3 is 2.20 bits per heavy atom. The number of anilines is 1. The van der Waals surface area contributed by atoms with Gasteiger partial charge in [0, 0.05) is 5.56 Å². The molecular weight excluding hydrogens is 248 g/mol. The van der Waals surface area contributed by atoms with E-state index in [9.17, 15) is 0 Å². The van der Waals surface area contributed by atoms with Gasteiger partial charge in [-0.1, -0.05) is 52.7 Å². The van der Waals surface area contributed by atoms with Gasteiger partial charge in [0.15, 0.2) is 11.6 Å². The lowest BCUT2D eigenvalue weighted by Crippen LogP contribution is -1.89. The fourth-order valence-corrected chi connectivity index (χ4v) is 2.49. The lowest BCUT2D eigenvalue weighted by Gasteiger charge is -2.05. The minimum atomic E-state index is 0.422. The van der Waals surface area contributed by atoms with Gasteiger partial charge in [-0.15, -0.1) is 0 Å². The molecule has 20 heavy (non-hydrogen) atoms. The van der Waals surface area contributed by atoms with E-state index < -0.39 is 0 Å². The zero-order chi connectivity index (χ0) is 14.1. The number of hydrogen-bond acceptors (Lipinski definition) is 3. The fourth-order valence-electron chi connectivity index (χ4n) is 2.49. The Morgan fingerprint density at radius 2 is 1.55 bits per heavy atom. The quantitative estimate of drug-likeness (QED) is 0.754. The Morgan fingerprint density at radius 1 is 0.900 bits per heavy atom. The first-order valence-corrected chi connectivity index (χ1v) is 6.54. The maximum atomic E-state index is 5.98. The van der Waals surface area contributed by atoms with E-state index in [4.69, 9.17) is 10.3 Å². The molecule has 0 saturated carbocycles. The largest absolute Gasteiger partial charge is 0.380 e. The molecule has 0 bridgehead atoms. The van der Waals surface area contributed by atoms with E-state index in [0.29, 0.717) is 5.82 Å². The van der Waals surface area contributed by atoms with Crippen LogP contribution in [0.1, 0.15) is 11.1 Å². The van der Waals surface area contributed by atoms with Gasteiger partial charge in [-0.05, 0) is 31.5 Å². The normalized spacial score (nSPS) is 10.7. The molecule has 2 N–H and O–H groups in total. The van der Waals surface area contributed by atoms with Crippen molar-refractivity contribution >= 4 is 5.82 Å². The first kappa shape index (κ1) is 12.5. The van der Waals surface area contributed by atoms with E-state index in [0.717, 1.165) is 22.5 Å². The molecule has 0 saturated heterocycles. The van der Waals surface area contributed by atoms with E-state index in [1.165, 1.54) is 11.1 Å². The molecule has 0 amide bonds. The zero-order valence-electron chi connectivity index (χ0n) is 11.6. The van der Waals surface area contributed by atoms with Crippen molar-refractivity contribution in [3.8, 4) is 22.5 Å². The summed E-state index contributed by atoms with van der Waals surface area (Å²) in [7, 11) is 0. The summed E-state index contributed by atoms with van der Waals surface area (Å²) < 4.78 is 5.47. The molecule has 0 aliphatic heterocycles. The lowest BCUT2D eigenvalue weighted by molar-refractivity contribution is 0.436. The van der Waals surface area contributed by atoms with Crippen LogP contribution in [0.3, 0.4) is 0 Å². The molecule has 0 aliphatic rings. The maximum Gasteiger partial charge on any atom is 0.176 e. The summed E-state index contributed by atoms with van der Waals surface area (Å²) in [6.45, 7) is 4.14. The van der Waals surface area contributed by atoms with Crippen molar-refractivity contribution in [2.75, 3.05) is 5.73 Å². The number of aromatic nitrogens is 1. The van der Waals surface area contributed by atoms with E-state index in [2.05, 4.69) is 37.2 Å². The predicted molar refractivity (Wildman–Crippen MR) is 81.3 cm³/mol. The number of nitrogens with zero attached hydrogens (tertiary/aromatic N) is 1. The van der Waals surface area contributed by atoms with E-state index in [1.54, 1.807) is 0 Å². The molecular formula is C17H16N2O. The molecule has 0 fully saturated rings. The molecule has 3 aromatic rings. The Balaban J connectivity index is 2.21. The van der Waals surface area contributed by atoms with Crippen molar-refractivity contribution in [3.05, 3.63) is 59.7 Å². The molecule has 0 atom stereocenters. The third-order valence-corrected chi connectivity index (χ3v) is 3.26. The van der Waals surface area contributed by atoms with E-state index in [1.807, 2.05) is 30.3 Å². The van der Waals surface area contributed by atoms with Gasteiger partial charge in [-0.25, -0.2) is 0 Å². The minimum Gasteiger partial charge on any atom is -0.380 e. The molecule has 3 heteroatoms. The highest BCUT2D eigenvalue weighted by Crippen LogP contribution is 2.36. The zero-order valence-corrected chi connectivity index (χ0v) is 11.6. The van der Waals surface area contributed by atoms with Crippen molar-refractivity contribution in [3.63, 3.8) is 0 Å². The molecule has 1 aromatic heterocycles. The van der Waals surface area contributed by atoms with Gasteiger partial charge in [0.2, 0.25) is 0 Å². The van der Waals surface area contributed by atoms with Gasteiger partial charge in [0.25, 0.3) is 0 Å². The molecule has 0 aliphatic carbocycles. The predicted octanol–water partition coefficient (Wildman–Crippen LogP) is 4.21. The number of nitrogens with two attached hydrogens (primary N) is 1. The van der Waals surface area contributed by atoms with E-state index >= 15 is 0 Å². The second-order valence-electron chi connectivity index (χ2n) is 5.01. The summed E-state index contributed by atoms with van der Waals surface area (Å²) in [6, 6.07) is 16.2. The Labute approximate surface area is 118 Å². The Kier molecular flexibility index (Phi) is 3.03. The van der Waals surface area contributed by atoms with Crippen LogP contribution in [0.5, 0.6) is 0 Å². The highest BCUT2D eigenvalue weighted by Gasteiger charge is 2.17. The smallest absolute Gasteiger partial charge is 0.176 e. The number of rotatable bonds is 2. The number of aryl methyl sites for hydroxylation is 2. The summed E-state index contributed by atoms with van der Waals surface area (Å²) in [5.74, 6) is 1.14. The maximum absolute atomic E-state index is 5.98. The first-order chi connectivity index (χ1) is 9.65. The van der Waals surface area contributed by atoms with Gasteiger partial charge >= 0.3 is 0 Å². The van der Waals surface area contributed by atoms with Crippen molar-refractivity contribution < 1.29 is 4.52 Å². The average molecular weight is 264 g/mol. The standard InChI is InChI=1S/C17H16N2O/c1-11-8-12(2)10-14(9-11)16-15(17(18)19-20-16)13-6-4-3-5-7-13/h3-10H,1-2H3,(H2,18,19). The van der Waals surface area contributed by atoms with Crippen LogP contribution >= 0.6 is 0 Å². The Bertz CT molecular complexity index is 725. The van der Waals surface area contributed by atoms with Crippen molar-refractivity contribution in [2.45, 2.75) is 13.8 Å². The molecule has 0 spiro atoms. The van der Waals surface area contributed by atoms with Crippen molar-refractivity contribution in [1.82, 2.24) is 5.16 Å². The third kappa shape index (κ3) is 2.18. The lowest BCUT2D eigenvalue weighted by atomic mass is 9.99. The second-order valence-corrected chi connectivity index (χ2v) is 5.01. The summed E-state index contributed by atoms with van der Waals surface area (Å²) in [5.41, 5.74) is 11.2. The van der Waals surface area contributed by atoms with Crippen LogP contribution in [0.2, 0.25) is 0 Å². The van der Waals surface area contributed by atoms with Crippen LogP contribution < -0.4 is 5.73 Å². The summed E-state index contributed by atoms with van der Waals surface area (Å²) in [4.78, 5) is 0. The third-order valence-electron chi connectivity index (χ3n) is 3.26. The first-order valence-electron chi connectivity index (χ1n) is 6.54. The van der Waals surface area contributed by atoms with Crippen LogP contribution in [0.25, 0.3) is 22.5 Å². The fraction of sp³-hybridized carbons (Fsp3) is 0.118. The summed E-state index contributed by atoms with van der Waals surface area (Å²) >= 11 is 0. The molecule has 100 valence electrons. The summed E-state index contributed by atoms with van der Waals surface area (Å²) in [5, 5.41) is 3.93. The second kappa shape index (κ2) is 4.85. The molecule has 0 radical (unpaired) electrons. The molecule has 1 heterocycles. The van der Waals surface area contributed by atoms with Crippen molar-refractivity contribution in [2.24, 2.45) is 0 Å². The van der Waals surface area contributed by atoms with Gasteiger partial charge < -0.3 is 10.3 Å². The molecule has 3 rings (SSSR count). The topological polar surface area (TPSA) is 52.0 Å². The van der Waals surface area contributed by atoms with Crippen LogP contribution in [-0.2, 0) is 0 Å². The van der Waals surface area contributed by atoms with E-state index in [-0.39, 0.29) is 0 Å². The van der Waals surface area contributed by atoms with Crippen LogP contribution in [-0.4, -0.2) is 5.16 Å². The molecule has 0 unspecified atom stereocenters. The number of nitrogen functional groups attached to an aromatic ring is 1. The van der Waals surface area contributed by atoms with Gasteiger partial charge in [-0.2, -0.15) is 0 Å². The molecule has 3 nitrogen and oxygen atoms in total. The summed E-state index contributed by atoms with van der Waals surface area (Å²) in [6.07, 6.45) is 0. The SMILES string of the molecule is Cc1cc(C)cc(-c2onc(N)c2-c2ccccc2)c1. The van der Waals surface area contributed by atoms with Crippen LogP contribution in [0.4, 0.5) is 5.82 Å². The van der Waals surface area contributed by atoms with Gasteiger partial charge in [0.05, 0.1) is 5.56 Å². The van der Waals surface area contributed by atoms with Crippen molar-refractivity contribution in [1.29, 1.82) is 0 Å². The van der Waals surface area contributed by atoms with Gasteiger partial charge in [0.1, 0.15) is 0 Å². The van der Waals surface area contributed by atoms with Gasteiger partial charge in [-0.3, -0.25) is 0 Å². The Hall–Kier alpha value is -2.55. The monoisotopic (exact) mass is 264 g/mol. The highest BCUT2D eigenvalue weighted by molar-refractivity contribution is 5.86. The van der Waals surface area contributed by atoms with Crippen LogP contribution in [0, 0.1) is 13.8 Å². The molecule has 2 aromatic carbocycles. The minimum absolute atomic E-state index is 0.422. The number of benzene rings is 2. The number of hydrogen-bond donors (Lipinski definition) is 1.